The summed E-state index contributed by atoms with van der Waals surface area (Å²) in [5.41, 5.74) is 0.378. The first-order valence-corrected chi connectivity index (χ1v) is 4.99. The number of alkyl halides is 3. The molecule has 0 aliphatic heterocycles. The van der Waals surface area contributed by atoms with Gasteiger partial charge in [-0.2, -0.15) is 13.2 Å². The number of fused-ring (bicyclic) bond motifs is 1. The Hall–Kier alpha value is -2.11. The van der Waals surface area contributed by atoms with Crippen molar-refractivity contribution < 1.29 is 27.2 Å². The van der Waals surface area contributed by atoms with Crippen molar-refractivity contribution in [3.05, 3.63) is 36.1 Å². The molecule has 0 aliphatic carbocycles. The molecule has 0 amide bonds. The molecule has 1 aromatic heterocycles. The zero-order valence-corrected chi connectivity index (χ0v) is 8.95. The van der Waals surface area contributed by atoms with E-state index in [0.29, 0.717) is 11.0 Å². The zero-order valence-electron chi connectivity index (χ0n) is 8.95. The Morgan fingerprint density at radius 1 is 1.17 bits per heavy atom. The third-order valence-electron chi connectivity index (χ3n) is 2.42. The van der Waals surface area contributed by atoms with Crippen LogP contribution in [0.4, 0.5) is 13.2 Å². The van der Waals surface area contributed by atoms with Gasteiger partial charge in [0.25, 0.3) is 0 Å². The fraction of sp³-hybridized carbons (Fsp3) is 0.167. The lowest BCUT2D eigenvalue weighted by Crippen LogP contribution is -2.25. The molecule has 0 unspecified atom stereocenters. The van der Waals surface area contributed by atoms with Gasteiger partial charge in [-0.15, -0.1) is 0 Å². The van der Waals surface area contributed by atoms with Crippen LogP contribution in [-0.2, 0) is 4.79 Å². The molecule has 0 atom stereocenters. The minimum atomic E-state index is -4.99. The van der Waals surface area contributed by atoms with Gasteiger partial charge in [0.05, 0.1) is 12.0 Å². The van der Waals surface area contributed by atoms with Gasteiger partial charge in [0.1, 0.15) is 11.8 Å². The van der Waals surface area contributed by atoms with E-state index >= 15 is 0 Å². The van der Waals surface area contributed by atoms with Crippen molar-refractivity contribution in [2.45, 2.75) is 12.6 Å². The third kappa shape index (κ3) is 2.27. The number of hydrogen-bond donors (Lipinski definition) is 0. The molecule has 2 rings (SSSR count). The van der Waals surface area contributed by atoms with Crippen LogP contribution in [0.1, 0.15) is 16.8 Å². The van der Waals surface area contributed by atoms with E-state index < -0.39 is 24.2 Å². The molecule has 94 valence electrons. The summed E-state index contributed by atoms with van der Waals surface area (Å²) < 4.78 is 41.1. The van der Waals surface area contributed by atoms with Crippen molar-refractivity contribution in [3.63, 3.8) is 0 Å². The highest BCUT2D eigenvalue weighted by atomic mass is 19.4. The maximum absolute atomic E-state index is 12.0. The smallest absolute Gasteiger partial charge is 0.450 e. The zero-order chi connectivity index (χ0) is 13.3. The molecular formula is C12H7F3O3. The van der Waals surface area contributed by atoms with Crippen LogP contribution in [0.3, 0.4) is 0 Å². The largest absolute Gasteiger partial charge is 0.464 e. The lowest BCUT2D eigenvalue weighted by atomic mass is 10.1. The molecule has 18 heavy (non-hydrogen) atoms. The highest BCUT2D eigenvalue weighted by Crippen LogP contribution is 2.24. The van der Waals surface area contributed by atoms with Crippen LogP contribution < -0.4 is 0 Å². The molecule has 1 heterocycles. The van der Waals surface area contributed by atoms with Crippen LogP contribution in [0.25, 0.3) is 11.0 Å². The summed E-state index contributed by atoms with van der Waals surface area (Å²) in [6.07, 6.45) is -5.13. The average molecular weight is 256 g/mol. The van der Waals surface area contributed by atoms with Crippen LogP contribution in [0.5, 0.6) is 0 Å². The molecule has 1 aromatic carbocycles. The van der Waals surface area contributed by atoms with E-state index in [-0.39, 0.29) is 5.56 Å². The molecule has 0 spiro atoms. The molecule has 2 aromatic rings. The first-order chi connectivity index (χ1) is 8.39. The maximum Gasteiger partial charge on any atom is 0.450 e. The topological polar surface area (TPSA) is 47.3 Å². The van der Waals surface area contributed by atoms with Crippen LogP contribution in [0.15, 0.2) is 34.9 Å². The Bertz CT molecular complexity index is 610. The number of para-hydroxylation sites is 1. The van der Waals surface area contributed by atoms with E-state index in [0.717, 1.165) is 6.26 Å². The fourth-order valence-corrected chi connectivity index (χ4v) is 1.54. The van der Waals surface area contributed by atoms with Gasteiger partial charge in [-0.25, -0.2) is 0 Å². The lowest BCUT2D eigenvalue weighted by molar-refractivity contribution is -0.170. The quantitative estimate of drug-likeness (QED) is 0.626. The monoisotopic (exact) mass is 256 g/mol. The van der Waals surface area contributed by atoms with Gasteiger partial charge >= 0.3 is 6.18 Å². The van der Waals surface area contributed by atoms with E-state index in [4.69, 9.17) is 4.42 Å². The van der Waals surface area contributed by atoms with Crippen molar-refractivity contribution in [3.8, 4) is 0 Å². The molecule has 0 fully saturated rings. The second-order valence-corrected chi connectivity index (χ2v) is 3.67. The molecule has 6 heteroatoms. The molecular weight excluding hydrogens is 249 g/mol. The molecule has 0 radical (unpaired) electrons. The highest BCUT2D eigenvalue weighted by molar-refractivity contribution is 6.14. The molecule has 0 aliphatic rings. The van der Waals surface area contributed by atoms with Crippen molar-refractivity contribution in [1.29, 1.82) is 0 Å². The first-order valence-electron chi connectivity index (χ1n) is 4.99. The molecule has 3 nitrogen and oxygen atoms in total. The van der Waals surface area contributed by atoms with Crippen LogP contribution >= 0.6 is 0 Å². The molecule has 0 saturated carbocycles. The summed E-state index contributed by atoms with van der Waals surface area (Å²) in [4.78, 5) is 22.3. The minimum Gasteiger partial charge on any atom is -0.464 e. The van der Waals surface area contributed by atoms with Gasteiger partial charge in [0, 0.05) is 5.39 Å². The number of furan rings is 1. The standard InChI is InChI=1S/C12H7F3O3/c13-12(14,15)11(17)5-9(16)8-6-18-10-4-2-1-3-7(8)10/h1-4,6H,5H2. The van der Waals surface area contributed by atoms with E-state index in [9.17, 15) is 22.8 Å². The maximum atomic E-state index is 12.0. The Balaban J connectivity index is 2.27. The average Bonchev–Trinajstić information content (AvgIpc) is 2.71. The third-order valence-corrected chi connectivity index (χ3v) is 2.42. The van der Waals surface area contributed by atoms with Crippen molar-refractivity contribution in [2.24, 2.45) is 0 Å². The van der Waals surface area contributed by atoms with Gasteiger partial charge in [0.2, 0.25) is 5.78 Å². The number of carbonyl (C=O) groups excluding carboxylic acids is 2. The van der Waals surface area contributed by atoms with Crippen LogP contribution in [0, 0.1) is 0 Å². The summed E-state index contributed by atoms with van der Waals surface area (Å²) in [6, 6.07) is 6.42. The van der Waals surface area contributed by atoms with Crippen molar-refractivity contribution in [1.82, 2.24) is 0 Å². The van der Waals surface area contributed by atoms with Gasteiger partial charge in [-0.3, -0.25) is 9.59 Å². The first kappa shape index (κ1) is 12.3. The molecule has 0 saturated heterocycles. The number of Topliss-reactive ketones (excluding diaryl/α,β-unsaturated/α-hetero) is 2. The van der Waals surface area contributed by atoms with Gasteiger partial charge in [-0.1, -0.05) is 18.2 Å². The van der Waals surface area contributed by atoms with Gasteiger partial charge in [0.15, 0.2) is 5.78 Å². The number of hydrogen-bond acceptors (Lipinski definition) is 3. The van der Waals surface area contributed by atoms with Crippen molar-refractivity contribution in [2.75, 3.05) is 0 Å². The van der Waals surface area contributed by atoms with E-state index in [1.54, 1.807) is 24.3 Å². The summed E-state index contributed by atoms with van der Waals surface area (Å²) in [7, 11) is 0. The number of benzene rings is 1. The second-order valence-electron chi connectivity index (χ2n) is 3.67. The Morgan fingerprint density at radius 3 is 2.50 bits per heavy atom. The van der Waals surface area contributed by atoms with Gasteiger partial charge in [-0.05, 0) is 6.07 Å². The van der Waals surface area contributed by atoms with E-state index in [1.165, 1.54) is 0 Å². The predicted octanol–water partition coefficient (Wildman–Crippen LogP) is 3.14. The Kier molecular flexibility index (Phi) is 2.94. The number of carbonyl (C=O) groups is 2. The van der Waals surface area contributed by atoms with Crippen molar-refractivity contribution >= 4 is 22.5 Å². The number of halogens is 3. The van der Waals surface area contributed by atoms with E-state index in [1.807, 2.05) is 0 Å². The van der Waals surface area contributed by atoms with Crippen LogP contribution in [0.2, 0.25) is 0 Å². The SMILES string of the molecule is O=C(CC(=O)C(F)(F)F)c1coc2ccccc12. The lowest BCUT2D eigenvalue weighted by Gasteiger charge is -2.03. The summed E-state index contributed by atoms with van der Waals surface area (Å²) in [5, 5.41) is 0.400. The number of ketones is 2. The highest BCUT2D eigenvalue weighted by Gasteiger charge is 2.39. The summed E-state index contributed by atoms with van der Waals surface area (Å²) in [6.45, 7) is 0. The minimum absolute atomic E-state index is 0.0109. The normalized spacial score (nSPS) is 11.7. The van der Waals surface area contributed by atoms with Gasteiger partial charge < -0.3 is 4.42 Å². The predicted molar refractivity (Wildman–Crippen MR) is 56.2 cm³/mol. The Morgan fingerprint density at radius 2 is 1.83 bits per heavy atom. The summed E-state index contributed by atoms with van der Waals surface area (Å²) >= 11 is 0. The summed E-state index contributed by atoms with van der Waals surface area (Å²) in [5.74, 6) is -2.96. The van der Waals surface area contributed by atoms with E-state index in [2.05, 4.69) is 0 Å². The second kappa shape index (κ2) is 4.29. The molecule has 0 bridgehead atoms. The molecule has 0 N–H and O–H groups in total. The Labute approximate surface area is 99.2 Å². The fourth-order valence-electron chi connectivity index (χ4n) is 1.54. The number of rotatable bonds is 3. The van der Waals surface area contributed by atoms with Crippen LogP contribution in [-0.4, -0.2) is 17.7 Å².